The molecule has 0 unspecified atom stereocenters. The molecule has 0 aromatic heterocycles. The van der Waals surface area contributed by atoms with Crippen molar-refractivity contribution in [3.8, 4) is 12.1 Å². The maximum atomic E-state index is 13.4. The third-order valence-electron chi connectivity index (χ3n) is 4.56. The molecule has 1 aromatic rings. The second-order valence-corrected chi connectivity index (χ2v) is 8.39. The van der Waals surface area contributed by atoms with Gasteiger partial charge in [0.15, 0.2) is 11.6 Å². The monoisotopic (exact) mass is 425 g/mol. The van der Waals surface area contributed by atoms with Gasteiger partial charge < -0.3 is 4.90 Å². The average Bonchev–Trinajstić information content (AvgIpc) is 2.70. The Kier molecular flexibility index (Phi) is 8.02. The van der Waals surface area contributed by atoms with Crippen LogP contribution >= 0.6 is 0 Å². The lowest BCUT2D eigenvalue weighted by atomic mass is 10.3. The van der Waals surface area contributed by atoms with Crippen LogP contribution in [0.25, 0.3) is 0 Å². The molecule has 1 aliphatic rings. The molecule has 8 nitrogen and oxygen atoms in total. The van der Waals surface area contributed by atoms with Crippen molar-refractivity contribution < 1.29 is 22.0 Å². The quantitative estimate of drug-likeness (QED) is 0.613. The smallest absolute Gasteiger partial charge is 0.243 e. The molecule has 1 aliphatic heterocycles. The maximum Gasteiger partial charge on any atom is 0.243 e. The third-order valence-corrected chi connectivity index (χ3v) is 6.45. The van der Waals surface area contributed by atoms with Crippen LogP contribution in [-0.4, -0.2) is 74.2 Å². The van der Waals surface area contributed by atoms with Gasteiger partial charge in [-0.3, -0.25) is 9.69 Å². The normalized spacial score (nSPS) is 15.4. The summed E-state index contributed by atoms with van der Waals surface area (Å²) in [7, 11) is -3.96. The third kappa shape index (κ3) is 5.94. The van der Waals surface area contributed by atoms with Crippen LogP contribution in [0, 0.1) is 34.3 Å². The number of amides is 1. The Morgan fingerprint density at radius 3 is 2.14 bits per heavy atom. The first kappa shape index (κ1) is 22.7. The molecule has 0 bridgehead atoms. The van der Waals surface area contributed by atoms with Gasteiger partial charge in [0.2, 0.25) is 15.9 Å². The van der Waals surface area contributed by atoms with E-state index in [1.165, 1.54) is 9.21 Å². The van der Waals surface area contributed by atoms with Gasteiger partial charge in [-0.15, -0.1) is 0 Å². The summed E-state index contributed by atoms with van der Waals surface area (Å²) in [6, 6.07) is 6.38. The van der Waals surface area contributed by atoms with Crippen LogP contribution < -0.4 is 0 Å². The summed E-state index contributed by atoms with van der Waals surface area (Å²) in [5.74, 6) is -2.58. The molecule has 1 aromatic carbocycles. The second kappa shape index (κ2) is 10.3. The van der Waals surface area contributed by atoms with Crippen molar-refractivity contribution in [3.05, 3.63) is 29.8 Å². The minimum Gasteiger partial charge on any atom is -0.340 e. The molecule has 1 heterocycles. The summed E-state index contributed by atoms with van der Waals surface area (Å²) in [4.78, 5) is 15.4. The molecule has 0 radical (unpaired) electrons. The van der Waals surface area contributed by atoms with Crippen LogP contribution in [0.2, 0.25) is 0 Å². The zero-order valence-corrected chi connectivity index (χ0v) is 16.5. The summed E-state index contributed by atoms with van der Waals surface area (Å²) in [6.45, 7) is 1.31. The van der Waals surface area contributed by atoms with Gasteiger partial charge in [-0.1, -0.05) is 0 Å². The van der Waals surface area contributed by atoms with Gasteiger partial charge in [0.25, 0.3) is 0 Å². The molecular formula is C18H21F2N5O3S. The first-order chi connectivity index (χ1) is 13.8. The predicted octanol–water partition coefficient (Wildman–Crippen LogP) is 0.927. The van der Waals surface area contributed by atoms with Crippen molar-refractivity contribution >= 4 is 15.9 Å². The Morgan fingerprint density at radius 2 is 1.62 bits per heavy atom. The van der Waals surface area contributed by atoms with Crippen molar-refractivity contribution in [1.82, 2.24) is 14.1 Å². The highest BCUT2D eigenvalue weighted by molar-refractivity contribution is 7.89. The van der Waals surface area contributed by atoms with Gasteiger partial charge in [0, 0.05) is 39.3 Å². The largest absolute Gasteiger partial charge is 0.340 e. The number of hydrogen-bond donors (Lipinski definition) is 0. The van der Waals surface area contributed by atoms with Crippen molar-refractivity contribution in [2.75, 3.05) is 45.8 Å². The molecule has 1 fully saturated rings. The van der Waals surface area contributed by atoms with Crippen LogP contribution in [-0.2, 0) is 14.8 Å². The second-order valence-electron chi connectivity index (χ2n) is 6.45. The summed E-state index contributed by atoms with van der Waals surface area (Å²) in [6.07, 6.45) is 0.328. The number of carbonyl (C=O) groups excluding carboxylic acids is 1. The summed E-state index contributed by atoms with van der Waals surface area (Å²) < 4.78 is 52.8. The molecule has 11 heteroatoms. The van der Waals surface area contributed by atoms with E-state index in [1.807, 2.05) is 12.1 Å². The molecule has 1 saturated heterocycles. The molecule has 156 valence electrons. The van der Waals surface area contributed by atoms with Crippen molar-refractivity contribution in [1.29, 1.82) is 10.5 Å². The highest BCUT2D eigenvalue weighted by atomic mass is 32.2. The Balaban J connectivity index is 1.95. The number of piperazine rings is 1. The van der Waals surface area contributed by atoms with Crippen LogP contribution in [0.3, 0.4) is 0 Å². The van der Waals surface area contributed by atoms with E-state index in [1.54, 1.807) is 4.90 Å². The molecule has 0 atom stereocenters. The maximum absolute atomic E-state index is 13.4. The average molecular weight is 425 g/mol. The van der Waals surface area contributed by atoms with Gasteiger partial charge in [-0.25, -0.2) is 17.2 Å². The minimum atomic E-state index is -3.96. The zero-order valence-electron chi connectivity index (χ0n) is 15.7. The highest BCUT2D eigenvalue weighted by Gasteiger charge is 2.30. The fourth-order valence-electron chi connectivity index (χ4n) is 2.94. The van der Waals surface area contributed by atoms with Gasteiger partial charge in [-0.05, 0) is 18.2 Å². The van der Waals surface area contributed by atoms with E-state index < -0.39 is 21.7 Å². The topological polar surface area (TPSA) is 109 Å². The van der Waals surface area contributed by atoms with Crippen molar-refractivity contribution in [2.24, 2.45) is 0 Å². The molecule has 2 rings (SSSR count). The number of halogens is 2. The van der Waals surface area contributed by atoms with E-state index in [2.05, 4.69) is 0 Å². The van der Waals surface area contributed by atoms with E-state index >= 15 is 0 Å². The Labute approximate surface area is 168 Å². The van der Waals surface area contributed by atoms with Gasteiger partial charge in [-0.2, -0.15) is 14.8 Å². The summed E-state index contributed by atoms with van der Waals surface area (Å²) in [5.41, 5.74) is 0. The highest BCUT2D eigenvalue weighted by Crippen LogP contribution is 2.20. The van der Waals surface area contributed by atoms with E-state index in [9.17, 15) is 22.0 Å². The lowest BCUT2D eigenvalue weighted by molar-refractivity contribution is -0.132. The number of nitrogens with zero attached hydrogens (tertiary/aromatic N) is 5. The molecule has 0 saturated carbocycles. The van der Waals surface area contributed by atoms with Crippen LogP contribution in [0.15, 0.2) is 23.1 Å². The first-order valence-electron chi connectivity index (χ1n) is 8.99. The molecular weight excluding hydrogens is 404 g/mol. The van der Waals surface area contributed by atoms with E-state index in [-0.39, 0.29) is 56.4 Å². The van der Waals surface area contributed by atoms with Crippen LogP contribution in [0.4, 0.5) is 8.78 Å². The number of carbonyl (C=O) groups is 1. The summed E-state index contributed by atoms with van der Waals surface area (Å²) >= 11 is 0. The zero-order chi connectivity index (χ0) is 21.4. The fourth-order valence-corrected chi connectivity index (χ4v) is 4.37. The molecule has 0 N–H and O–H groups in total. The first-order valence-corrected chi connectivity index (χ1v) is 10.4. The molecule has 29 heavy (non-hydrogen) atoms. The van der Waals surface area contributed by atoms with Crippen molar-refractivity contribution in [2.45, 2.75) is 17.7 Å². The number of rotatable bonds is 8. The Morgan fingerprint density at radius 1 is 1.03 bits per heavy atom. The number of benzene rings is 1. The SMILES string of the molecule is N#CCCN(CCC#N)C(=O)CN1CCN(S(=O)(=O)c2ccc(F)c(F)c2)CC1. The molecule has 0 aliphatic carbocycles. The van der Waals surface area contributed by atoms with E-state index in [0.717, 1.165) is 12.1 Å². The molecule has 0 spiro atoms. The number of sulfonamides is 1. The van der Waals surface area contributed by atoms with Gasteiger partial charge >= 0.3 is 0 Å². The Bertz CT molecular complexity index is 900. The van der Waals surface area contributed by atoms with E-state index in [4.69, 9.17) is 10.5 Å². The van der Waals surface area contributed by atoms with Crippen molar-refractivity contribution in [3.63, 3.8) is 0 Å². The minimum absolute atomic E-state index is 0.0515. The Hall–Kier alpha value is -2.60. The molecule has 1 amide bonds. The van der Waals surface area contributed by atoms with Crippen LogP contribution in [0.1, 0.15) is 12.8 Å². The lowest BCUT2D eigenvalue weighted by Gasteiger charge is -2.34. The van der Waals surface area contributed by atoms with Crippen LogP contribution in [0.5, 0.6) is 0 Å². The number of hydrogen-bond acceptors (Lipinski definition) is 6. The standard InChI is InChI=1S/C18H21F2N5O3S/c19-16-4-3-15(13-17(16)20)29(27,28)25-11-9-23(10-12-25)14-18(26)24(7-1-5-21)8-2-6-22/h3-4,13H,1-2,7-12,14H2. The lowest BCUT2D eigenvalue weighted by Crippen LogP contribution is -2.51. The predicted molar refractivity (Wildman–Crippen MR) is 98.6 cm³/mol. The number of nitriles is 2. The van der Waals surface area contributed by atoms with E-state index in [0.29, 0.717) is 19.2 Å². The van der Waals surface area contributed by atoms with Gasteiger partial charge in [0.1, 0.15) is 0 Å². The fraction of sp³-hybridized carbons (Fsp3) is 0.500. The van der Waals surface area contributed by atoms with Gasteiger partial charge in [0.05, 0.1) is 36.4 Å². The summed E-state index contributed by atoms with van der Waals surface area (Å²) in [5, 5.41) is 17.4.